The van der Waals surface area contributed by atoms with E-state index in [0.29, 0.717) is 5.92 Å². The molecule has 5 rings (SSSR count). The van der Waals surface area contributed by atoms with Crippen LogP contribution >= 0.6 is 0 Å². The van der Waals surface area contributed by atoms with Crippen LogP contribution in [0.15, 0.2) is 6.20 Å². The van der Waals surface area contributed by atoms with Crippen LogP contribution in [0.4, 0.5) is 5.82 Å². The molecule has 2 aliphatic rings. The molecule has 136 valence electrons. The average Bonchev–Trinajstić information content (AvgIpc) is 3.34. The molecule has 0 amide bonds. The molecule has 26 heavy (non-hydrogen) atoms. The van der Waals surface area contributed by atoms with E-state index in [4.69, 9.17) is 9.97 Å². The van der Waals surface area contributed by atoms with E-state index in [9.17, 15) is 0 Å². The normalized spacial score (nSPS) is 18.5. The van der Waals surface area contributed by atoms with Crippen molar-refractivity contribution in [3.05, 3.63) is 23.7 Å². The minimum Gasteiger partial charge on any atom is -0.354 e. The van der Waals surface area contributed by atoms with Crippen LogP contribution in [0.1, 0.15) is 49.1 Å². The Morgan fingerprint density at radius 3 is 2.73 bits per heavy atom. The molecule has 0 bridgehead atoms. The lowest BCUT2D eigenvalue weighted by Crippen LogP contribution is -2.28. The summed E-state index contributed by atoms with van der Waals surface area (Å²) in [6.45, 7) is 4.70. The standard InChI is InChI=1S/C18H24N8/c1-12-22-23-15-7-8-25(9-10-26(12)15)18-14-11-19-24(2)17(14)20-16(21-18)13-5-3-4-6-13/h11,13H,3-10H2,1-2H3. The molecule has 1 saturated carbocycles. The van der Waals surface area contributed by atoms with Crippen LogP contribution in [0.25, 0.3) is 11.0 Å². The van der Waals surface area contributed by atoms with Gasteiger partial charge in [-0.25, -0.2) is 9.97 Å². The summed E-state index contributed by atoms with van der Waals surface area (Å²) >= 11 is 0. The van der Waals surface area contributed by atoms with E-state index in [1.807, 2.05) is 24.9 Å². The molecule has 0 saturated heterocycles. The molecule has 0 unspecified atom stereocenters. The molecule has 1 fully saturated rings. The molecule has 8 heteroatoms. The van der Waals surface area contributed by atoms with Gasteiger partial charge in [-0.3, -0.25) is 4.68 Å². The van der Waals surface area contributed by atoms with Crippen molar-refractivity contribution in [1.29, 1.82) is 0 Å². The maximum absolute atomic E-state index is 5.05. The van der Waals surface area contributed by atoms with Gasteiger partial charge in [-0.1, -0.05) is 12.8 Å². The number of nitrogens with zero attached hydrogens (tertiary/aromatic N) is 8. The first-order valence-electron chi connectivity index (χ1n) is 9.54. The summed E-state index contributed by atoms with van der Waals surface area (Å²) in [7, 11) is 1.96. The molecule has 0 radical (unpaired) electrons. The van der Waals surface area contributed by atoms with Crippen molar-refractivity contribution in [3.8, 4) is 0 Å². The van der Waals surface area contributed by atoms with Gasteiger partial charge in [0.15, 0.2) is 5.65 Å². The predicted molar refractivity (Wildman–Crippen MR) is 98.2 cm³/mol. The molecule has 0 N–H and O–H groups in total. The second-order valence-electron chi connectivity index (χ2n) is 7.44. The summed E-state index contributed by atoms with van der Waals surface area (Å²) in [6, 6.07) is 0. The fraction of sp³-hybridized carbons (Fsp3) is 0.611. The number of fused-ring (bicyclic) bond motifs is 2. The second-order valence-corrected chi connectivity index (χ2v) is 7.44. The molecule has 8 nitrogen and oxygen atoms in total. The third-order valence-electron chi connectivity index (χ3n) is 5.82. The molecule has 3 aromatic rings. The number of anilines is 1. The first-order valence-corrected chi connectivity index (χ1v) is 9.54. The monoisotopic (exact) mass is 352 g/mol. The first kappa shape index (κ1) is 15.7. The zero-order valence-electron chi connectivity index (χ0n) is 15.4. The highest BCUT2D eigenvalue weighted by atomic mass is 15.3. The largest absolute Gasteiger partial charge is 0.354 e. The first-order chi connectivity index (χ1) is 12.7. The van der Waals surface area contributed by atoms with Gasteiger partial charge in [-0.2, -0.15) is 5.10 Å². The summed E-state index contributed by atoms with van der Waals surface area (Å²) < 4.78 is 4.09. The summed E-state index contributed by atoms with van der Waals surface area (Å²) in [6.07, 6.45) is 7.74. The highest BCUT2D eigenvalue weighted by Gasteiger charge is 2.25. The second kappa shape index (κ2) is 6.03. The Hall–Kier alpha value is -2.51. The van der Waals surface area contributed by atoms with Crippen molar-refractivity contribution >= 4 is 16.9 Å². The Kier molecular flexibility index (Phi) is 3.65. The summed E-state index contributed by atoms with van der Waals surface area (Å²) in [5, 5.41) is 14.0. The van der Waals surface area contributed by atoms with Gasteiger partial charge in [0.1, 0.15) is 23.3 Å². The van der Waals surface area contributed by atoms with Crippen LogP contribution in [-0.2, 0) is 20.0 Å². The van der Waals surface area contributed by atoms with Gasteiger partial charge in [0, 0.05) is 39.0 Å². The Morgan fingerprint density at radius 2 is 1.88 bits per heavy atom. The molecule has 1 aliphatic carbocycles. The van der Waals surface area contributed by atoms with Crippen molar-refractivity contribution in [1.82, 2.24) is 34.5 Å². The summed E-state index contributed by atoms with van der Waals surface area (Å²) in [5.74, 6) is 4.57. The van der Waals surface area contributed by atoms with E-state index in [1.165, 1.54) is 25.7 Å². The Labute approximate surface area is 152 Å². The van der Waals surface area contributed by atoms with Gasteiger partial charge >= 0.3 is 0 Å². The van der Waals surface area contributed by atoms with Gasteiger partial charge in [-0.15, -0.1) is 10.2 Å². The number of hydrogen-bond acceptors (Lipinski definition) is 6. The number of aromatic nitrogens is 7. The SMILES string of the molecule is Cc1nnc2n1CCN(c1nc(C3CCCC3)nc3c1cnn3C)CC2. The van der Waals surface area contributed by atoms with Crippen LogP contribution in [0.3, 0.4) is 0 Å². The maximum Gasteiger partial charge on any atom is 0.163 e. The van der Waals surface area contributed by atoms with Crippen molar-refractivity contribution in [2.45, 2.75) is 51.5 Å². The zero-order chi connectivity index (χ0) is 17.7. The Bertz CT molecular complexity index is 950. The molecule has 3 aromatic heterocycles. The summed E-state index contributed by atoms with van der Waals surface area (Å²) in [4.78, 5) is 12.3. The van der Waals surface area contributed by atoms with Gasteiger partial charge in [-0.05, 0) is 19.8 Å². The fourth-order valence-electron chi connectivity index (χ4n) is 4.31. The minimum absolute atomic E-state index is 0.488. The van der Waals surface area contributed by atoms with Crippen molar-refractivity contribution in [2.75, 3.05) is 18.0 Å². The third-order valence-corrected chi connectivity index (χ3v) is 5.82. The number of hydrogen-bond donors (Lipinski definition) is 0. The van der Waals surface area contributed by atoms with Crippen LogP contribution in [0.2, 0.25) is 0 Å². The van der Waals surface area contributed by atoms with E-state index in [-0.39, 0.29) is 0 Å². The van der Waals surface area contributed by atoms with Crippen LogP contribution in [0, 0.1) is 6.92 Å². The van der Waals surface area contributed by atoms with Crippen LogP contribution < -0.4 is 4.90 Å². The van der Waals surface area contributed by atoms with E-state index >= 15 is 0 Å². The lowest BCUT2D eigenvalue weighted by molar-refractivity contribution is 0.650. The Balaban J connectivity index is 1.55. The van der Waals surface area contributed by atoms with Crippen molar-refractivity contribution in [3.63, 3.8) is 0 Å². The number of aryl methyl sites for hydroxylation is 2. The third kappa shape index (κ3) is 2.47. The summed E-state index contributed by atoms with van der Waals surface area (Å²) in [5.41, 5.74) is 0.941. The van der Waals surface area contributed by atoms with E-state index in [0.717, 1.165) is 60.4 Å². The predicted octanol–water partition coefficient (Wildman–Crippen LogP) is 1.98. The molecule has 0 spiro atoms. The highest BCUT2D eigenvalue weighted by molar-refractivity contribution is 5.87. The molecular weight excluding hydrogens is 328 g/mol. The maximum atomic E-state index is 5.05. The smallest absolute Gasteiger partial charge is 0.163 e. The molecule has 1 aliphatic heterocycles. The van der Waals surface area contributed by atoms with Crippen LogP contribution in [-0.4, -0.2) is 47.6 Å². The van der Waals surface area contributed by atoms with Gasteiger partial charge in [0.2, 0.25) is 0 Å². The highest BCUT2D eigenvalue weighted by Crippen LogP contribution is 2.35. The van der Waals surface area contributed by atoms with Crippen molar-refractivity contribution in [2.24, 2.45) is 7.05 Å². The minimum atomic E-state index is 0.488. The Morgan fingerprint density at radius 1 is 1.04 bits per heavy atom. The topological polar surface area (TPSA) is 77.6 Å². The molecule has 0 aromatic carbocycles. The van der Waals surface area contributed by atoms with Crippen molar-refractivity contribution < 1.29 is 0 Å². The van der Waals surface area contributed by atoms with E-state index in [2.05, 4.69) is 24.8 Å². The van der Waals surface area contributed by atoms with Gasteiger partial charge < -0.3 is 9.47 Å². The zero-order valence-corrected chi connectivity index (χ0v) is 15.4. The molecule has 4 heterocycles. The lowest BCUT2D eigenvalue weighted by atomic mass is 10.1. The van der Waals surface area contributed by atoms with E-state index < -0.39 is 0 Å². The lowest BCUT2D eigenvalue weighted by Gasteiger charge is -2.23. The van der Waals surface area contributed by atoms with Gasteiger partial charge in [0.25, 0.3) is 0 Å². The molecular formula is C18H24N8. The van der Waals surface area contributed by atoms with E-state index in [1.54, 1.807) is 0 Å². The molecule has 0 atom stereocenters. The number of rotatable bonds is 2. The quantitative estimate of drug-likeness (QED) is 0.702. The van der Waals surface area contributed by atoms with Crippen LogP contribution in [0.5, 0.6) is 0 Å². The fourth-order valence-corrected chi connectivity index (χ4v) is 4.31. The average molecular weight is 352 g/mol. The van der Waals surface area contributed by atoms with Gasteiger partial charge in [0.05, 0.1) is 11.6 Å².